The van der Waals surface area contributed by atoms with Crippen LogP contribution in [-0.4, -0.2) is 18.2 Å². The number of nitrogens with zero attached hydrogens (tertiary/aromatic N) is 1. The summed E-state index contributed by atoms with van der Waals surface area (Å²) in [5.41, 5.74) is 14.5. The SMILES string of the molecule is N=C/C(C1=CC=CCC1)=C1\NC(c2ccccc2)=C(c2cccc(C3C=C(C4N=C(c5ccccc5)NC(c5ccccc5)N4)C=CC3)c2)c2ccccc21. The van der Waals surface area contributed by atoms with Crippen molar-refractivity contribution in [3.63, 3.8) is 0 Å². The van der Waals surface area contributed by atoms with Crippen molar-refractivity contribution < 1.29 is 0 Å². The molecule has 5 heteroatoms. The third-order valence-electron chi connectivity index (χ3n) is 10.9. The van der Waals surface area contributed by atoms with Gasteiger partial charge in [0.1, 0.15) is 18.2 Å². The van der Waals surface area contributed by atoms with Crippen molar-refractivity contribution in [3.05, 3.63) is 232 Å². The highest BCUT2D eigenvalue weighted by atomic mass is 15.3. The standard InChI is InChI=1S/C50H43N5/c51-33-44(34-17-5-1-6-18-34)47-43-30-14-13-29-42(43)45(46(52-47)35-19-7-2-8-20-35)40-27-15-25-38(31-40)39-26-16-28-41(32-39)50-54-48(36-21-9-3-10-22-36)53-49(55-50)37-23-11-4-12-24-37/h1-5,7-17,19-25,27-33,39,48,50-52,54H,6,18,26H2,(H,53,55)/b47-44+,51-33?. The van der Waals surface area contributed by atoms with Crippen LogP contribution in [0.4, 0.5) is 0 Å². The van der Waals surface area contributed by atoms with Gasteiger partial charge in [-0.15, -0.1) is 0 Å². The van der Waals surface area contributed by atoms with Gasteiger partial charge in [-0.05, 0) is 58.2 Å². The number of nitrogens with one attached hydrogen (secondary N) is 4. The summed E-state index contributed by atoms with van der Waals surface area (Å²) in [6.07, 6.45) is 17.4. The molecule has 5 aromatic carbocycles. The van der Waals surface area contributed by atoms with Gasteiger partial charge in [-0.2, -0.15) is 0 Å². The van der Waals surface area contributed by atoms with Crippen LogP contribution in [0.2, 0.25) is 0 Å². The number of amidine groups is 1. The quantitative estimate of drug-likeness (QED) is 0.121. The van der Waals surface area contributed by atoms with Gasteiger partial charge in [-0.1, -0.05) is 176 Å². The largest absolute Gasteiger partial charge is 0.353 e. The minimum absolute atomic E-state index is 0.0860. The second-order valence-electron chi connectivity index (χ2n) is 14.3. The van der Waals surface area contributed by atoms with Crippen LogP contribution < -0.4 is 16.0 Å². The van der Waals surface area contributed by atoms with Gasteiger partial charge in [0.05, 0.1) is 11.4 Å². The first kappa shape index (κ1) is 34.2. The molecule has 0 bridgehead atoms. The number of hydrogen-bond acceptors (Lipinski definition) is 5. The van der Waals surface area contributed by atoms with Gasteiger partial charge in [0.25, 0.3) is 0 Å². The molecule has 55 heavy (non-hydrogen) atoms. The van der Waals surface area contributed by atoms with E-state index in [4.69, 9.17) is 10.4 Å². The lowest BCUT2D eigenvalue weighted by molar-refractivity contribution is 0.433. The smallest absolute Gasteiger partial charge is 0.131 e. The minimum atomic E-state index is -0.214. The summed E-state index contributed by atoms with van der Waals surface area (Å²) in [5, 5.41) is 19.9. The molecule has 5 aromatic rings. The highest BCUT2D eigenvalue weighted by Gasteiger charge is 2.29. The topological polar surface area (TPSA) is 72.3 Å². The molecule has 3 atom stereocenters. The van der Waals surface area contributed by atoms with E-state index in [0.29, 0.717) is 0 Å². The summed E-state index contributed by atoms with van der Waals surface area (Å²) in [6, 6.07) is 49.2. The molecule has 2 aliphatic carbocycles. The Morgan fingerprint density at radius 3 is 2.15 bits per heavy atom. The first-order valence-corrected chi connectivity index (χ1v) is 19.2. The maximum Gasteiger partial charge on any atom is 0.131 e. The Bertz CT molecular complexity index is 2450. The molecule has 4 aliphatic rings. The lowest BCUT2D eigenvalue weighted by atomic mass is 9.82. The van der Waals surface area contributed by atoms with E-state index in [-0.39, 0.29) is 18.2 Å². The molecule has 2 aliphatic heterocycles. The Hall–Kier alpha value is -6.56. The van der Waals surface area contributed by atoms with Gasteiger partial charge in [-0.3, -0.25) is 5.32 Å². The predicted octanol–water partition coefficient (Wildman–Crippen LogP) is 10.5. The predicted molar refractivity (Wildman–Crippen MR) is 227 cm³/mol. The van der Waals surface area contributed by atoms with Crippen LogP contribution in [0.15, 0.2) is 198 Å². The van der Waals surface area contributed by atoms with E-state index in [1.165, 1.54) is 22.9 Å². The fraction of sp³-hybridized carbons (Fsp3) is 0.120. The Labute approximate surface area is 323 Å². The molecule has 0 fully saturated rings. The van der Waals surface area contributed by atoms with Gasteiger partial charge in [0.15, 0.2) is 0 Å². The maximum atomic E-state index is 8.57. The van der Waals surface area contributed by atoms with Crippen LogP contribution in [0.5, 0.6) is 0 Å². The van der Waals surface area contributed by atoms with E-state index in [1.54, 1.807) is 0 Å². The highest BCUT2D eigenvalue weighted by Crippen LogP contribution is 2.43. The van der Waals surface area contributed by atoms with Crippen LogP contribution in [-0.2, 0) is 0 Å². The third kappa shape index (κ3) is 6.98. The Kier molecular flexibility index (Phi) is 9.60. The monoisotopic (exact) mass is 713 g/mol. The summed E-state index contributed by atoms with van der Waals surface area (Å²) in [5.74, 6) is 1.07. The fourth-order valence-corrected chi connectivity index (χ4v) is 8.13. The second-order valence-corrected chi connectivity index (χ2v) is 14.3. The minimum Gasteiger partial charge on any atom is -0.353 e. The molecular weight excluding hydrogens is 671 g/mol. The molecule has 4 N–H and O–H groups in total. The van der Waals surface area contributed by atoms with Gasteiger partial charge >= 0.3 is 0 Å². The normalized spacial score (nSPS) is 21.3. The van der Waals surface area contributed by atoms with E-state index in [2.05, 4.69) is 186 Å². The second kappa shape index (κ2) is 15.4. The van der Waals surface area contributed by atoms with Crippen LogP contribution in [0.3, 0.4) is 0 Å². The van der Waals surface area contributed by atoms with Gasteiger partial charge in [0.2, 0.25) is 0 Å². The number of aliphatic imine (C=N–C) groups is 1. The molecule has 0 saturated heterocycles. The summed E-state index contributed by atoms with van der Waals surface area (Å²) in [6.45, 7) is 0. The van der Waals surface area contributed by atoms with Crippen molar-refractivity contribution in [2.24, 2.45) is 4.99 Å². The highest BCUT2D eigenvalue weighted by molar-refractivity contribution is 6.09. The van der Waals surface area contributed by atoms with E-state index >= 15 is 0 Å². The summed E-state index contributed by atoms with van der Waals surface area (Å²) >= 11 is 0. The average molecular weight is 714 g/mol. The van der Waals surface area contributed by atoms with Gasteiger partial charge in [0, 0.05) is 34.4 Å². The van der Waals surface area contributed by atoms with E-state index in [1.807, 2.05) is 6.07 Å². The lowest BCUT2D eigenvalue weighted by Crippen LogP contribution is -2.49. The van der Waals surface area contributed by atoms with Crippen molar-refractivity contribution in [1.29, 1.82) is 5.41 Å². The molecular formula is C50H43N5. The first-order chi connectivity index (χ1) is 27.2. The van der Waals surface area contributed by atoms with Crippen molar-refractivity contribution >= 4 is 29.0 Å². The van der Waals surface area contributed by atoms with Gasteiger partial charge in [-0.25, -0.2) is 4.99 Å². The molecule has 0 saturated carbocycles. The number of hydrogen-bond donors (Lipinski definition) is 4. The number of allylic oxidation sites excluding steroid dienone is 7. The molecule has 0 amide bonds. The first-order valence-electron chi connectivity index (χ1n) is 19.2. The maximum absolute atomic E-state index is 8.57. The van der Waals surface area contributed by atoms with E-state index < -0.39 is 0 Å². The zero-order valence-electron chi connectivity index (χ0n) is 30.6. The van der Waals surface area contributed by atoms with Crippen LogP contribution in [0, 0.1) is 5.41 Å². The fourth-order valence-electron chi connectivity index (χ4n) is 8.13. The summed E-state index contributed by atoms with van der Waals surface area (Å²) < 4.78 is 0. The summed E-state index contributed by atoms with van der Waals surface area (Å²) in [4.78, 5) is 5.23. The zero-order chi connectivity index (χ0) is 37.0. The summed E-state index contributed by atoms with van der Waals surface area (Å²) in [7, 11) is 0. The van der Waals surface area contributed by atoms with E-state index in [0.717, 1.165) is 81.0 Å². The lowest BCUT2D eigenvalue weighted by Gasteiger charge is -2.33. The van der Waals surface area contributed by atoms with Crippen LogP contribution in [0.25, 0.3) is 17.0 Å². The number of rotatable bonds is 8. The van der Waals surface area contributed by atoms with Crippen molar-refractivity contribution in [1.82, 2.24) is 16.0 Å². The molecule has 0 aromatic heterocycles. The van der Waals surface area contributed by atoms with Gasteiger partial charge < -0.3 is 16.0 Å². The molecule has 0 radical (unpaired) electrons. The van der Waals surface area contributed by atoms with Crippen molar-refractivity contribution in [2.45, 2.75) is 37.5 Å². The van der Waals surface area contributed by atoms with Crippen LogP contribution in [0.1, 0.15) is 70.3 Å². The van der Waals surface area contributed by atoms with Crippen molar-refractivity contribution in [3.8, 4) is 0 Å². The van der Waals surface area contributed by atoms with E-state index in [9.17, 15) is 0 Å². The zero-order valence-corrected chi connectivity index (χ0v) is 30.6. The average Bonchev–Trinajstić information content (AvgIpc) is 3.27. The Balaban J connectivity index is 1.12. The molecule has 268 valence electrons. The van der Waals surface area contributed by atoms with Crippen LogP contribution >= 0.6 is 0 Å². The number of fused-ring (bicyclic) bond motifs is 1. The molecule has 5 nitrogen and oxygen atoms in total. The third-order valence-corrected chi connectivity index (χ3v) is 10.9. The number of benzene rings is 5. The Morgan fingerprint density at radius 2 is 1.40 bits per heavy atom. The molecule has 3 unspecified atom stereocenters. The molecule has 0 spiro atoms. The van der Waals surface area contributed by atoms with Crippen molar-refractivity contribution in [2.75, 3.05) is 0 Å². The molecule has 2 heterocycles. The Morgan fingerprint density at radius 1 is 0.709 bits per heavy atom. The molecule has 9 rings (SSSR count).